The van der Waals surface area contributed by atoms with Crippen molar-refractivity contribution < 1.29 is 41.6 Å². The maximum absolute atomic E-state index is 13.2. The molecule has 5 nitrogen and oxygen atoms in total. The molecule has 9 heteroatoms. The molecular formula is C39H50F4O5. The zero-order valence-corrected chi connectivity index (χ0v) is 27.3. The zero-order chi connectivity index (χ0) is 32.9. The molecular weight excluding hydrogens is 624 g/mol. The van der Waals surface area contributed by atoms with Gasteiger partial charge in [0.05, 0.1) is 6.10 Å². The molecule has 2 saturated carbocycles. The van der Waals surface area contributed by atoms with Crippen molar-refractivity contribution in [3.05, 3.63) is 52.1 Å². The third-order valence-electron chi connectivity index (χ3n) is 11.5. The number of alkyl halides is 4. The van der Waals surface area contributed by atoms with Crippen molar-refractivity contribution >= 4 is 6.08 Å². The number of allylic oxidation sites excluding steroid dienone is 1. The Labute approximate surface area is 282 Å². The molecule has 8 rings (SSSR count). The summed E-state index contributed by atoms with van der Waals surface area (Å²) < 4.78 is 70.8. The molecule has 4 aliphatic carbocycles. The molecule has 0 saturated heterocycles. The number of aliphatic hydroxyl groups excluding tert-OH is 1. The average molecular weight is 675 g/mol. The Balaban J connectivity index is 0.000000164. The predicted molar refractivity (Wildman–Crippen MR) is 177 cm³/mol. The van der Waals surface area contributed by atoms with Crippen LogP contribution in [0.3, 0.4) is 0 Å². The molecule has 2 atom stereocenters. The molecule has 1 N–H and O–H groups in total. The number of halogens is 4. The molecule has 2 aromatic rings. The van der Waals surface area contributed by atoms with E-state index in [9.17, 15) is 22.7 Å². The van der Waals surface area contributed by atoms with Gasteiger partial charge < -0.3 is 24.1 Å². The van der Waals surface area contributed by atoms with Crippen LogP contribution in [-0.4, -0.2) is 17.7 Å². The van der Waals surface area contributed by atoms with Crippen molar-refractivity contribution in [1.82, 2.24) is 0 Å². The molecule has 48 heavy (non-hydrogen) atoms. The smallest absolute Gasteiger partial charge is 0.395 e. The lowest BCUT2D eigenvalue weighted by molar-refractivity contribution is -0.287. The number of benzene rings is 2. The minimum atomic E-state index is -3.60. The highest BCUT2D eigenvalue weighted by molar-refractivity contribution is 5.68. The Bertz CT molecular complexity index is 1490. The first-order valence-electron chi connectivity index (χ1n) is 17.7. The van der Waals surface area contributed by atoms with Crippen molar-refractivity contribution in [3.63, 3.8) is 0 Å². The van der Waals surface area contributed by atoms with Gasteiger partial charge in [0.15, 0.2) is 23.0 Å². The number of ether oxygens (including phenoxy) is 4. The second kappa shape index (κ2) is 13.8. The van der Waals surface area contributed by atoms with Gasteiger partial charge in [0.2, 0.25) is 0 Å². The fourth-order valence-corrected chi connectivity index (χ4v) is 9.14. The third-order valence-corrected chi connectivity index (χ3v) is 11.5. The van der Waals surface area contributed by atoms with E-state index in [2.05, 4.69) is 38.9 Å². The fraction of sp³-hybridized carbons (Fsp3) is 0.641. The van der Waals surface area contributed by atoms with Crippen LogP contribution in [-0.2, 0) is 12.8 Å². The molecule has 0 radical (unpaired) electrons. The number of hydrogen-bond donors (Lipinski definition) is 1. The molecule has 0 spiro atoms. The van der Waals surface area contributed by atoms with Crippen LogP contribution in [0.5, 0.6) is 23.0 Å². The average Bonchev–Trinajstić information content (AvgIpc) is 3.75. The molecule has 264 valence electrons. The van der Waals surface area contributed by atoms with Crippen LogP contribution in [0.4, 0.5) is 17.6 Å². The van der Waals surface area contributed by atoms with E-state index >= 15 is 0 Å². The summed E-state index contributed by atoms with van der Waals surface area (Å²) in [6.07, 6.45) is 11.2. The highest BCUT2D eigenvalue weighted by atomic mass is 19.3. The van der Waals surface area contributed by atoms with Crippen molar-refractivity contribution in [2.24, 2.45) is 29.6 Å². The Morgan fingerprint density at radius 1 is 0.688 bits per heavy atom. The lowest BCUT2D eigenvalue weighted by Crippen LogP contribution is -2.26. The summed E-state index contributed by atoms with van der Waals surface area (Å²) in [6.45, 7) is 4.49. The van der Waals surface area contributed by atoms with Crippen LogP contribution < -0.4 is 18.9 Å². The van der Waals surface area contributed by atoms with Gasteiger partial charge in [-0.15, -0.1) is 17.6 Å². The first-order valence-corrected chi connectivity index (χ1v) is 17.7. The SMILES string of the molecule is C.CCCC1CCC(C2=Cc3cc4c(cc3C2)OC(F)(F)O4)CC1.CCCC1CCC(C2Cc3cc4c(cc3C2O)OC(F)(F)O4)CC1. The first kappa shape index (κ1) is 34.9. The van der Waals surface area contributed by atoms with E-state index in [0.717, 1.165) is 59.8 Å². The molecule has 2 unspecified atom stereocenters. The molecule has 0 aromatic heterocycles. The van der Waals surface area contributed by atoms with Crippen LogP contribution in [0, 0.1) is 29.6 Å². The molecule has 0 amide bonds. The van der Waals surface area contributed by atoms with E-state index in [4.69, 9.17) is 0 Å². The summed E-state index contributed by atoms with van der Waals surface area (Å²) >= 11 is 0. The van der Waals surface area contributed by atoms with Crippen molar-refractivity contribution in [2.75, 3.05) is 0 Å². The van der Waals surface area contributed by atoms with Gasteiger partial charge in [-0.1, -0.05) is 71.4 Å². The van der Waals surface area contributed by atoms with E-state index in [1.54, 1.807) is 24.3 Å². The van der Waals surface area contributed by atoms with Gasteiger partial charge in [-0.25, -0.2) is 0 Å². The summed E-state index contributed by atoms with van der Waals surface area (Å²) in [5.74, 6) is 3.50. The normalized spacial score (nSPS) is 30.0. The first-order chi connectivity index (χ1) is 22.5. The van der Waals surface area contributed by atoms with Crippen LogP contribution in [0.1, 0.15) is 127 Å². The minimum absolute atomic E-state index is 0. The number of fused-ring (bicyclic) bond motifs is 4. The van der Waals surface area contributed by atoms with Gasteiger partial charge in [0, 0.05) is 0 Å². The molecule has 0 bridgehead atoms. The summed E-state index contributed by atoms with van der Waals surface area (Å²) in [6, 6.07) is 6.58. The quantitative estimate of drug-likeness (QED) is 0.309. The summed E-state index contributed by atoms with van der Waals surface area (Å²) in [7, 11) is 0. The Morgan fingerprint density at radius 3 is 1.75 bits per heavy atom. The van der Waals surface area contributed by atoms with Crippen LogP contribution >= 0.6 is 0 Å². The Kier molecular flexibility index (Phi) is 10.0. The lowest BCUT2D eigenvalue weighted by atomic mass is 9.73. The number of hydrogen-bond acceptors (Lipinski definition) is 5. The van der Waals surface area contributed by atoms with Gasteiger partial charge in [-0.2, -0.15) is 0 Å². The van der Waals surface area contributed by atoms with E-state index in [-0.39, 0.29) is 36.3 Å². The van der Waals surface area contributed by atoms with E-state index in [1.165, 1.54) is 69.8 Å². The van der Waals surface area contributed by atoms with Gasteiger partial charge in [-0.05, 0) is 127 Å². The molecule has 6 aliphatic rings. The van der Waals surface area contributed by atoms with Gasteiger partial charge in [-0.3, -0.25) is 0 Å². The molecule has 2 aromatic carbocycles. The Morgan fingerprint density at radius 2 is 1.19 bits per heavy atom. The maximum atomic E-state index is 13.2. The van der Waals surface area contributed by atoms with Crippen LogP contribution in [0.2, 0.25) is 0 Å². The summed E-state index contributed by atoms with van der Waals surface area (Å²) in [5.41, 5.74) is 5.19. The van der Waals surface area contributed by atoms with E-state index in [1.807, 2.05) is 0 Å². The van der Waals surface area contributed by atoms with E-state index < -0.39 is 18.7 Å². The molecule has 2 heterocycles. The maximum Gasteiger partial charge on any atom is 0.586 e. The van der Waals surface area contributed by atoms with Crippen LogP contribution in [0.25, 0.3) is 6.08 Å². The van der Waals surface area contributed by atoms with Crippen molar-refractivity contribution in [1.29, 1.82) is 0 Å². The topological polar surface area (TPSA) is 57.2 Å². The second-order valence-electron chi connectivity index (χ2n) is 14.6. The highest BCUT2D eigenvalue weighted by Gasteiger charge is 2.47. The zero-order valence-electron chi connectivity index (χ0n) is 27.3. The van der Waals surface area contributed by atoms with Gasteiger partial charge in [0.1, 0.15) is 0 Å². The standard InChI is InChI=1S/C19H24F2O3.C19H22F2O2.CH4/c1-2-3-11-4-6-12(7-5-11)14-8-13-9-16-17(10-15(13)18(14)22)24-19(20,21)23-16;1-2-3-12-4-6-13(7-5-12)14-8-15-10-17-18(11-16(15)9-14)23-19(20,21)22-17;/h9-12,14,18,22H,2-8H2,1H3;8,10-13H,2-7,9H2,1H3;1H4. The van der Waals surface area contributed by atoms with Crippen molar-refractivity contribution in [3.8, 4) is 23.0 Å². The predicted octanol–water partition coefficient (Wildman–Crippen LogP) is 11.0. The summed E-state index contributed by atoms with van der Waals surface area (Å²) in [5, 5.41) is 10.7. The minimum Gasteiger partial charge on any atom is -0.395 e. The summed E-state index contributed by atoms with van der Waals surface area (Å²) in [4.78, 5) is 0. The van der Waals surface area contributed by atoms with E-state index in [0.29, 0.717) is 11.8 Å². The van der Waals surface area contributed by atoms with Crippen molar-refractivity contribution in [2.45, 2.75) is 130 Å². The fourth-order valence-electron chi connectivity index (χ4n) is 9.14. The second-order valence-corrected chi connectivity index (χ2v) is 14.6. The number of rotatable bonds is 6. The van der Waals surface area contributed by atoms with Crippen LogP contribution in [0.15, 0.2) is 29.8 Å². The monoisotopic (exact) mass is 674 g/mol. The Hall–Kier alpha value is -2.94. The molecule has 2 fully saturated rings. The lowest BCUT2D eigenvalue weighted by Gasteiger charge is -2.33. The largest absolute Gasteiger partial charge is 0.586 e. The van der Waals surface area contributed by atoms with Gasteiger partial charge >= 0.3 is 12.6 Å². The number of aliphatic hydroxyl groups is 1. The van der Waals surface area contributed by atoms with Gasteiger partial charge in [0.25, 0.3) is 0 Å². The highest BCUT2D eigenvalue weighted by Crippen LogP contribution is 2.51. The molecule has 2 aliphatic heterocycles. The third kappa shape index (κ3) is 7.17.